The van der Waals surface area contributed by atoms with Gasteiger partial charge in [0, 0.05) is 37.8 Å². The third-order valence-corrected chi connectivity index (χ3v) is 3.66. The molecular formula is C15H25Cl2FN2. The average molecular weight is 323 g/mol. The topological polar surface area (TPSA) is 15.3 Å². The lowest BCUT2D eigenvalue weighted by atomic mass is 9.97. The van der Waals surface area contributed by atoms with Crippen molar-refractivity contribution < 1.29 is 4.39 Å². The van der Waals surface area contributed by atoms with Gasteiger partial charge < -0.3 is 5.32 Å². The van der Waals surface area contributed by atoms with Gasteiger partial charge in [-0.2, -0.15) is 0 Å². The maximum absolute atomic E-state index is 14.1. The summed E-state index contributed by atoms with van der Waals surface area (Å²) in [6, 6.07) is 5.70. The van der Waals surface area contributed by atoms with Gasteiger partial charge in [-0.1, -0.05) is 31.0 Å². The summed E-state index contributed by atoms with van der Waals surface area (Å²) < 4.78 is 14.1. The Labute approximate surface area is 133 Å². The highest BCUT2D eigenvalue weighted by atomic mass is 35.5. The van der Waals surface area contributed by atoms with Crippen LogP contribution >= 0.6 is 24.8 Å². The zero-order valence-electron chi connectivity index (χ0n) is 12.2. The molecule has 20 heavy (non-hydrogen) atoms. The van der Waals surface area contributed by atoms with Crippen LogP contribution in [-0.2, 0) is 0 Å². The van der Waals surface area contributed by atoms with Crippen molar-refractivity contribution in [1.82, 2.24) is 10.2 Å². The smallest absolute Gasteiger partial charge is 0.128 e. The predicted molar refractivity (Wildman–Crippen MR) is 87.7 cm³/mol. The number of hydrogen-bond donors (Lipinski definition) is 1. The average Bonchev–Trinajstić information content (AvgIpc) is 2.40. The van der Waals surface area contributed by atoms with Crippen LogP contribution in [-0.4, -0.2) is 31.1 Å². The molecule has 1 atom stereocenters. The molecule has 0 aromatic heterocycles. The van der Waals surface area contributed by atoms with Gasteiger partial charge in [0.1, 0.15) is 5.82 Å². The highest BCUT2D eigenvalue weighted by Crippen LogP contribution is 2.28. The Balaban J connectivity index is 0.00000180. The lowest BCUT2D eigenvalue weighted by Gasteiger charge is -2.35. The first-order valence-corrected chi connectivity index (χ1v) is 6.93. The molecule has 1 aromatic rings. The van der Waals surface area contributed by atoms with Crippen molar-refractivity contribution >= 4 is 24.8 Å². The van der Waals surface area contributed by atoms with E-state index < -0.39 is 0 Å². The van der Waals surface area contributed by atoms with E-state index in [4.69, 9.17) is 0 Å². The van der Waals surface area contributed by atoms with E-state index in [9.17, 15) is 4.39 Å². The zero-order valence-corrected chi connectivity index (χ0v) is 13.8. The summed E-state index contributed by atoms with van der Waals surface area (Å²) >= 11 is 0. The minimum Gasteiger partial charge on any atom is -0.314 e. The standard InChI is InChI=1S/C15H23FN2.2ClH/c1-3-4-15(18-9-7-17-8-10-18)13-11-12(2)5-6-14(13)16;;/h5-6,11,15,17H,3-4,7-10H2,1-2H3;2*1H/t15-;;/m0../s1. The van der Waals surface area contributed by atoms with Crippen molar-refractivity contribution in [2.75, 3.05) is 26.2 Å². The molecule has 1 aliphatic rings. The molecule has 1 saturated heterocycles. The predicted octanol–water partition coefficient (Wildman–Crippen LogP) is 3.72. The number of hydrogen-bond acceptors (Lipinski definition) is 2. The van der Waals surface area contributed by atoms with Gasteiger partial charge in [-0.25, -0.2) is 4.39 Å². The fourth-order valence-electron chi connectivity index (χ4n) is 2.72. The number of aryl methyl sites for hydroxylation is 1. The van der Waals surface area contributed by atoms with Crippen LogP contribution in [0.1, 0.15) is 36.9 Å². The summed E-state index contributed by atoms with van der Waals surface area (Å²) in [4.78, 5) is 2.41. The molecule has 1 heterocycles. The van der Waals surface area contributed by atoms with E-state index in [0.29, 0.717) is 0 Å². The highest BCUT2D eigenvalue weighted by molar-refractivity contribution is 5.85. The summed E-state index contributed by atoms with van der Waals surface area (Å²) in [7, 11) is 0. The molecule has 1 fully saturated rings. The maximum Gasteiger partial charge on any atom is 0.128 e. The minimum absolute atomic E-state index is 0. The van der Waals surface area contributed by atoms with Crippen LogP contribution in [0.5, 0.6) is 0 Å². The second-order valence-corrected chi connectivity index (χ2v) is 5.12. The Hall–Kier alpha value is -0.350. The highest BCUT2D eigenvalue weighted by Gasteiger charge is 2.23. The molecule has 0 spiro atoms. The van der Waals surface area contributed by atoms with Crippen molar-refractivity contribution in [2.24, 2.45) is 0 Å². The van der Waals surface area contributed by atoms with Crippen LogP contribution < -0.4 is 5.32 Å². The Bertz CT molecular complexity index is 395. The van der Waals surface area contributed by atoms with E-state index in [1.54, 1.807) is 6.07 Å². The van der Waals surface area contributed by atoms with Gasteiger partial charge in [0.2, 0.25) is 0 Å². The van der Waals surface area contributed by atoms with Crippen LogP contribution in [0, 0.1) is 12.7 Å². The van der Waals surface area contributed by atoms with E-state index in [-0.39, 0.29) is 36.7 Å². The monoisotopic (exact) mass is 322 g/mol. The second-order valence-electron chi connectivity index (χ2n) is 5.12. The lowest BCUT2D eigenvalue weighted by molar-refractivity contribution is 0.161. The van der Waals surface area contributed by atoms with Crippen LogP contribution in [0.4, 0.5) is 4.39 Å². The molecule has 1 N–H and O–H groups in total. The van der Waals surface area contributed by atoms with E-state index in [1.807, 2.05) is 19.1 Å². The fourth-order valence-corrected chi connectivity index (χ4v) is 2.72. The van der Waals surface area contributed by atoms with Crippen molar-refractivity contribution in [3.05, 3.63) is 35.1 Å². The first kappa shape index (κ1) is 19.7. The molecule has 2 nitrogen and oxygen atoms in total. The van der Waals surface area contributed by atoms with Gasteiger partial charge in [0.15, 0.2) is 0 Å². The van der Waals surface area contributed by atoms with Crippen LogP contribution in [0.25, 0.3) is 0 Å². The van der Waals surface area contributed by atoms with Crippen LogP contribution in [0.15, 0.2) is 18.2 Å². The summed E-state index contributed by atoms with van der Waals surface area (Å²) in [5.41, 5.74) is 2.02. The summed E-state index contributed by atoms with van der Waals surface area (Å²) in [5, 5.41) is 3.35. The molecule has 1 aromatic carbocycles. The fraction of sp³-hybridized carbons (Fsp3) is 0.600. The molecule has 2 rings (SSSR count). The molecule has 0 amide bonds. The molecule has 1 aliphatic heterocycles. The molecule has 0 aliphatic carbocycles. The Morgan fingerprint density at radius 2 is 1.90 bits per heavy atom. The van der Waals surface area contributed by atoms with Crippen molar-refractivity contribution in [3.8, 4) is 0 Å². The van der Waals surface area contributed by atoms with Gasteiger partial charge >= 0.3 is 0 Å². The Kier molecular flexibility index (Phi) is 9.39. The number of nitrogens with zero attached hydrogens (tertiary/aromatic N) is 1. The number of benzene rings is 1. The summed E-state index contributed by atoms with van der Waals surface area (Å²) in [5.74, 6) is -0.0578. The molecule has 0 bridgehead atoms. The van der Waals surface area contributed by atoms with Crippen LogP contribution in [0.3, 0.4) is 0 Å². The second kappa shape index (κ2) is 9.56. The molecule has 0 saturated carbocycles. The van der Waals surface area contributed by atoms with E-state index in [2.05, 4.69) is 17.1 Å². The van der Waals surface area contributed by atoms with Gasteiger partial charge in [0.05, 0.1) is 0 Å². The number of rotatable bonds is 4. The maximum atomic E-state index is 14.1. The summed E-state index contributed by atoms with van der Waals surface area (Å²) in [6.45, 7) is 8.24. The molecule has 5 heteroatoms. The normalized spacial score (nSPS) is 16.9. The quantitative estimate of drug-likeness (QED) is 0.908. The van der Waals surface area contributed by atoms with E-state index in [0.717, 1.165) is 50.1 Å². The van der Waals surface area contributed by atoms with E-state index >= 15 is 0 Å². The first-order valence-electron chi connectivity index (χ1n) is 6.93. The Morgan fingerprint density at radius 1 is 1.25 bits per heavy atom. The van der Waals surface area contributed by atoms with E-state index in [1.165, 1.54) is 0 Å². The largest absolute Gasteiger partial charge is 0.314 e. The van der Waals surface area contributed by atoms with Crippen LogP contribution in [0.2, 0.25) is 0 Å². The third kappa shape index (κ3) is 4.88. The number of piperazine rings is 1. The van der Waals surface area contributed by atoms with Crippen molar-refractivity contribution in [3.63, 3.8) is 0 Å². The molecule has 0 radical (unpaired) electrons. The van der Waals surface area contributed by atoms with Crippen molar-refractivity contribution in [2.45, 2.75) is 32.7 Å². The zero-order chi connectivity index (χ0) is 13.0. The number of nitrogens with one attached hydrogen (secondary N) is 1. The minimum atomic E-state index is -0.0578. The molecule has 0 unspecified atom stereocenters. The lowest BCUT2D eigenvalue weighted by Crippen LogP contribution is -2.45. The van der Waals surface area contributed by atoms with Gasteiger partial charge in [0.25, 0.3) is 0 Å². The number of halogens is 3. The molecular weight excluding hydrogens is 298 g/mol. The SMILES string of the molecule is CCC[C@@H](c1cc(C)ccc1F)N1CCNCC1.Cl.Cl. The third-order valence-electron chi connectivity index (χ3n) is 3.66. The summed E-state index contributed by atoms with van der Waals surface area (Å²) in [6.07, 6.45) is 2.11. The first-order chi connectivity index (χ1) is 8.72. The van der Waals surface area contributed by atoms with Gasteiger partial charge in [-0.05, 0) is 19.4 Å². The van der Waals surface area contributed by atoms with Gasteiger partial charge in [-0.15, -0.1) is 24.8 Å². The van der Waals surface area contributed by atoms with Gasteiger partial charge in [-0.3, -0.25) is 4.90 Å². The Morgan fingerprint density at radius 3 is 2.50 bits per heavy atom. The molecule has 116 valence electrons. The van der Waals surface area contributed by atoms with Crippen molar-refractivity contribution in [1.29, 1.82) is 0 Å².